The number of carbonyl (C=O) groups excluding carboxylic acids is 2. The van der Waals surface area contributed by atoms with Crippen molar-refractivity contribution in [2.75, 3.05) is 14.2 Å². The number of carbonyl (C=O) groups is 2. The zero-order valence-electron chi connectivity index (χ0n) is 16.5. The highest BCUT2D eigenvalue weighted by Crippen LogP contribution is 2.40. The minimum absolute atomic E-state index is 0.272. The van der Waals surface area contributed by atoms with Crippen LogP contribution in [0.1, 0.15) is 49.8 Å². The largest absolute Gasteiger partial charge is 0.466 e. The summed E-state index contributed by atoms with van der Waals surface area (Å²) in [6, 6.07) is 4.08. The van der Waals surface area contributed by atoms with Crippen molar-refractivity contribution in [2.24, 2.45) is 4.99 Å². The van der Waals surface area contributed by atoms with Gasteiger partial charge in [-0.15, -0.1) is 11.3 Å². The third-order valence-electron chi connectivity index (χ3n) is 5.22. The Bertz CT molecular complexity index is 817. The number of hydrogen-bond acceptors (Lipinski definition) is 7. The van der Waals surface area contributed by atoms with Crippen molar-refractivity contribution in [3.8, 4) is 0 Å². The summed E-state index contributed by atoms with van der Waals surface area (Å²) in [5.74, 6) is -1.49. The quantitative estimate of drug-likeness (QED) is 0.600. The zero-order valence-corrected chi connectivity index (χ0v) is 17.3. The van der Waals surface area contributed by atoms with Crippen LogP contribution in [0, 0.1) is 0 Å². The number of esters is 2. The average molecular weight is 403 g/mol. The SMILES string of the molecule is COC(=O)C1=C(C)NC(C=NC2CCCCC2)=C(C(=O)OC)C1c1cccs1. The van der Waals surface area contributed by atoms with Gasteiger partial charge in [-0.25, -0.2) is 9.59 Å². The molecular formula is C21H26N2O4S. The standard InChI is InChI=1S/C21H26N2O4S/c1-13-17(20(24)26-2)19(16-10-7-11-28-16)18(21(25)27-3)15(23-13)12-22-14-8-5-4-6-9-14/h7,10-12,14,19,23H,4-6,8-9H2,1-3H3. The molecule has 6 nitrogen and oxygen atoms in total. The van der Waals surface area contributed by atoms with Crippen molar-refractivity contribution in [3.05, 3.63) is 44.9 Å². The monoisotopic (exact) mass is 402 g/mol. The first-order valence-corrected chi connectivity index (χ1v) is 10.4. The highest BCUT2D eigenvalue weighted by Gasteiger charge is 2.38. The fourth-order valence-electron chi connectivity index (χ4n) is 3.82. The predicted octanol–water partition coefficient (Wildman–Crippen LogP) is 3.71. The van der Waals surface area contributed by atoms with E-state index >= 15 is 0 Å². The van der Waals surface area contributed by atoms with E-state index in [1.165, 1.54) is 44.8 Å². The average Bonchev–Trinajstić information content (AvgIpc) is 3.26. The summed E-state index contributed by atoms with van der Waals surface area (Å²) >= 11 is 1.49. The van der Waals surface area contributed by atoms with Gasteiger partial charge in [-0.1, -0.05) is 25.3 Å². The lowest BCUT2D eigenvalue weighted by Gasteiger charge is -2.29. The number of nitrogens with zero attached hydrogens (tertiary/aromatic N) is 1. The lowest BCUT2D eigenvalue weighted by molar-refractivity contribution is -0.137. The number of ether oxygens (including phenoxy) is 2. The molecule has 1 unspecified atom stereocenters. The van der Waals surface area contributed by atoms with Crippen molar-refractivity contribution in [2.45, 2.75) is 51.0 Å². The number of nitrogens with one attached hydrogen (secondary N) is 1. The Kier molecular flexibility index (Phi) is 6.67. The van der Waals surface area contributed by atoms with Crippen LogP contribution in [0.2, 0.25) is 0 Å². The van der Waals surface area contributed by atoms with Gasteiger partial charge in [-0.3, -0.25) is 4.99 Å². The number of aliphatic imine (C=N–C) groups is 1. The Labute approximate surface area is 169 Å². The number of methoxy groups -OCH3 is 2. The maximum absolute atomic E-state index is 12.7. The zero-order chi connectivity index (χ0) is 20.1. The Morgan fingerprint density at radius 3 is 2.43 bits per heavy atom. The van der Waals surface area contributed by atoms with Gasteiger partial charge in [0.2, 0.25) is 0 Å². The lowest BCUT2D eigenvalue weighted by Crippen LogP contribution is -2.33. The van der Waals surface area contributed by atoms with Gasteiger partial charge in [0.25, 0.3) is 0 Å². The van der Waals surface area contributed by atoms with Gasteiger partial charge < -0.3 is 14.8 Å². The summed E-state index contributed by atoms with van der Waals surface area (Å²) in [7, 11) is 2.69. The smallest absolute Gasteiger partial charge is 0.336 e. The third kappa shape index (κ3) is 4.19. The molecule has 0 bridgehead atoms. The summed E-state index contributed by atoms with van der Waals surface area (Å²) in [5, 5.41) is 5.11. The van der Waals surface area contributed by atoms with E-state index in [4.69, 9.17) is 14.5 Å². The Morgan fingerprint density at radius 2 is 1.82 bits per heavy atom. The molecule has 150 valence electrons. The normalized spacial score (nSPS) is 21.0. The molecule has 1 saturated carbocycles. The second-order valence-corrected chi connectivity index (χ2v) is 7.97. The number of hydrogen-bond donors (Lipinski definition) is 1. The molecule has 2 aliphatic rings. The maximum atomic E-state index is 12.7. The van der Waals surface area contributed by atoms with Gasteiger partial charge in [-0.2, -0.15) is 0 Å². The first-order valence-electron chi connectivity index (χ1n) is 9.52. The van der Waals surface area contributed by atoms with E-state index in [0.29, 0.717) is 22.5 Å². The predicted molar refractivity (Wildman–Crippen MR) is 109 cm³/mol. The fraction of sp³-hybridized carbons (Fsp3) is 0.476. The van der Waals surface area contributed by atoms with Crippen LogP contribution in [0.15, 0.2) is 45.0 Å². The summed E-state index contributed by atoms with van der Waals surface area (Å²) in [6.45, 7) is 1.81. The molecule has 0 saturated heterocycles. The Balaban J connectivity index is 2.07. The van der Waals surface area contributed by atoms with Crippen LogP contribution >= 0.6 is 11.3 Å². The molecule has 1 atom stereocenters. The van der Waals surface area contributed by atoms with Gasteiger partial charge in [0.15, 0.2) is 0 Å². The third-order valence-corrected chi connectivity index (χ3v) is 6.16. The Morgan fingerprint density at radius 1 is 1.14 bits per heavy atom. The first-order chi connectivity index (χ1) is 13.6. The first kappa shape index (κ1) is 20.3. The Hall–Kier alpha value is -2.41. The van der Waals surface area contributed by atoms with Gasteiger partial charge in [0, 0.05) is 16.8 Å². The molecule has 1 N–H and O–H groups in total. The van der Waals surface area contributed by atoms with E-state index in [2.05, 4.69) is 5.32 Å². The minimum atomic E-state index is -0.547. The van der Waals surface area contributed by atoms with Crippen LogP contribution in [0.4, 0.5) is 0 Å². The molecule has 1 aliphatic heterocycles. The lowest BCUT2D eigenvalue weighted by atomic mass is 9.84. The molecule has 7 heteroatoms. The molecule has 1 aromatic rings. The highest BCUT2D eigenvalue weighted by atomic mass is 32.1. The molecule has 0 amide bonds. The molecule has 28 heavy (non-hydrogen) atoms. The molecule has 1 fully saturated rings. The van der Waals surface area contributed by atoms with E-state index in [9.17, 15) is 9.59 Å². The molecule has 3 rings (SSSR count). The van der Waals surface area contributed by atoms with Crippen LogP contribution in [0.5, 0.6) is 0 Å². The van der Waals surface area contributed by atoms with Gasteiger partial charge in [-0.05, 0) is 31.2 Å². The number of dihydropyridines is 1. The molecule has 0 aromatic carbocycles. The van der Waals surface area contributed by atoms with Crippen LogP contribution in [0.25, 0.3) is 0 Å². The molecule has 0 spiro atoms. The minimum Gasteiger partial charge on any atom is -0.466 e. The number of allylic oxidation sites excluding steroid dienone is 2. The maximum Gasteiger partial charge on any atom is 0.336 e. The molecular weight excluding hydrogens is 376 g/mol. The van der Waals surface area contributed by atoms with Crippen molar-refractivity contribution >= 4 is 29.5 Å². The van der Waals surface area contributed by atoms with E-state index in [1.54, 1.807) is 6.21 Å². The molecule has 1 aliphatic carbocycles. The van der Waals surface area contributed by atoms with Crippen molar-refractivity contribution < 1.29 is 19.1 Å². The topological polar surface area (TPSA) is 77.0 Å². The number of rotatable bonds is 5. The number of thiophene rings is 1. The van der Waals surface area contributed by atoms with E-state index < -0.39 is 17.9 Å². The molecule has 0 radical (unpaired) electrons. The van der Waals surface area contributed by atoms with Gasteiger partial charge in [0.1, 0.15) is 0 Å². The second kappa shape index (κ2) is 9.19. The van der Waals surface area contributed by atoms with Crippen LogP contribution in [-0.2, 0) is 19.1 Å². The summed E-state index contributed by atoms with van der Waals surface area (Å²) in [6.07, 6.45) is 7.48. The summed E-state index contributed by atoms with van der Waals surface area (Å²) in [4.78, 5) is 30.9. The van der Waals surface area contributed by atoms with Gasteiger partial charge >= 0.3 is 11.9 Å². The van der Waals surface area contributed by atoms with Crippen LogP contribution in [0.3, 0.4) is 0 Å². The van der Waals surface area contributed by atoms with Crippen LogP contribution in [-0.4, -0.2) is 38.4 Å². The van der Waals surface area contributed by atoms with E-state index in [0.717, 1.165) is 17.7 Å². The second-order valence-electron chi connectivity index (χ2n) is 6.99. The van der Waals surface area contributed by atoms with E-state index in [1.807, 2.05) is 24.4 Å². The summed E-state index contributed by atoms with van der Waals surface area (Å²) < 4.78 is 10.1. The summed E-state index contributed by atoms with van der Waals surface area (Å²) in [5.41, 5.74) is 2.04. The van der Waals surface area contributed by atoms with E-state index in [-0.39, 0.29) is 6.04 Å². The van der Waals surface area contributed by atoms with Crippen molar-refractivity contribution in [1.82, 2.24) is 5.32 Å². The van der Waals surface area contributed by atoms with Crippen molar-refractivity contribution in [1.29, 1.82) is 0 Å². The highest BCUT2D eigenvalue weighted by molar-refractivity contribution is 7.10. The van der Waals surface area contributed by atoms with Gasteiger partial charge in [0.05, 0.1) is 43.0 Å². The molecule has 1 aromatic heterocycles. The van der Waals surface area contributed by atoms with Crippen LogP contribution < -0.4 is 5.32 Å². The van der Waals surface area contributed by atoms with Crippen molar-refractivity contribution in [3.63, 3.8) is 0 Å². The fourth-order valence-corrected chi connectivity index (χ4v) is 4.67. The molecule has 2 heterocycles.